The molecule has 3 aromatic carbocycles. The number of aromatic nitrogens is 3. The number of hydrogen-bond acceptors (Lipinski definition) is 6. The van der Waals surface area contributed by atoms with Crippen LogP contribution in [0.5, 0.6) is 0 Å². The van der Waals surface area contributed by atoms with Crippen molar-refractivity contribution in [3.05, 3.63) is 125 Å². The molecule has 1 aliphatic rings. The molecule has 1 aliphatic heterocycles. The summed E-state index contributed by atoms with van der Waals surface area (Å²) in [6.07, 6.45) is 2.42. The molecule has 51 heavy (non-hydrogen) atoms. The normalized spacial score (nSPS) is 12.8. The molecule has 0 atom stereocenters. The number of amides is 2. The van der Waals surface area contributed by atoms with Gasteiger partial charge in [-0.1, -0.05) is 48.5 Å². The average molecular weight is 696 g/mol. The van der Waals surface area contributed by atoms with E-state index in [-0.39, 0.29) is 24.4 Å². The number of rotatable bonds is 8. The van der Waals surface area contributed by atoms with Gasteiger partial charge in [-0.2, -0.15) is 13.9 Å². The van der Waals surface area contributed by atoms with Crippen LogP contribution in [0.25, 0.3) is 11.3 Å². The molecule has 5 aromatic rings. The molecular formula is C39H39F2N5O5. The van der Waals surface area contributed by atoms with Crippen molar-refractivity contribution in [2.45, 2.75) is 59.4 Å². The van der Waals surface area contributed by atoms with Crippen LogP contribution in [0.2, 0.25) is 0 Å². The summed E-state index contributed by atoms with van der Waals surface area (Å²) in [6, 6.07) is 23.5. The number of carbonyl (C=O) groups excluding carboxylic acids is 3. The van der Waals surface area contributed by atoms with Gasteiger partial charge in [0.15, 0.2) is 0 Å². The van der Waals surface area contributed by atoms with Crippen LogP contribution in [0.15, 0.2) is 91.3 Å². The van der Waals surface area contributed by atoms with Crippen molar-refractivity contribution in [1.29, 1.82) is 0 Å². The van der Waals surface area contributed by atoms with Crippen molar-refractivity contribution >= 4 is 29.3 Å². The van der Waals surface area contributed by atoms with Crippen LogP contribution in [0.3, 0.4) is 0 Å². The summed E-state index contributed by atoms with van der Waals surface area (Å²) in [7, 11) is 1.80. The largest absolute Gasteiger partial charge is 0.456 e. The Labute approximate surface area is 294 Å². The Morgan fingerprint density at radius 3 is 2.25 bits per heavy atom. The van der Waals surface area contributed by atoms with Crippen LogP contribution in [0.1, 0.15) is 70.4 Å². The van der Waals surface area contributed by atoms with Crippen LogP contribution in [-0.4, -0.2) is 49.4 Å². The van der Waals surface area contributed by atoms with E-state index in [2.05, 4.69) is 5.10 Å². The molecular weight excluding hydrogens is 656 g/mol. The lowest BCUT2D eigenvalue weighted by Crippen LogP contribution is -2.36. The molecule has 2 amide bonds. The second-order valence-electron chi connectivity index (χ2n) is 13.4. The summed E-state index contributed by atoms with van der Waals surface area (Å²) in [5, 5.41) is 3.76. The fraction of sp³-hybridized carbons (Fsp3) is 0.282. The maximum atomic E-state index is 14.4. The number of benzene rings is 3. The Hall–Kier alpha value is -5.78. The molecule has 0 fully saturated rings. The number of esters is 1. The van der Waals surface area contributed by atoms with E-state index in [1.54, 1.807) is 82.1 Å². The minimum Gasteiger partial charge on any atom is -0.456 e. The van der Waals surface area contributed by atoms with Crippen LogP contribution in [0.4, 0.5) is 25.0 Å². The molecule has 6 rings (SSSR count). The van der Waals surface area contributed by atoms with Gasteiger partial charge in [-0.3, -0.25) is 9.69 Å². The number of alkyl halides is 2. The van der Waals surface area contributed by atoms with E-state index in [1.807, 2.05) is 41.0 Å². The number of halogens is 2. The Balaban J connectivity index is 1.37. The molecule has 3 heterocycles. The van der Waals surface area contributed by atoms with Gasteiger partial charge in [0.2, 0.25) is 0 Å². The van der Waals surface area contributed by atoms with Gasteiger partial charge in [-0.25, -0.2) is 14.3 Å². The van der Waals surface area contributed by atoms with E-state index in [9.17, 15) is 23.2 Å². The van der Waals surface area contributed by atoms with Gasteiger partial charge >= 0.3 is 18.6 Å². The van der Waals surface area contributed by atoms with Gasteiger partial charge < -0.3 is 18.9 Å². The van der Waals surface area contributed by atoms with Crippen molar-refractivity contribution in [2.24, 2.45) is 7.05 Å². The summed E-state index contributed by atoms with van der Waals surface area (Å²) >= 11 is 0. The van der Waals surface area contributed by atoms with Crippen LogP contribution in [-0.2, 0) is 36.1 Å². The SMILES string of the molecule is Cc1c(C(=O)N(c2ccccc2)c2cnn(C(F)F)c2)cc(-c2cc3c(cc2C(=O)OC(C)(C)C)CN(C(=O)OCc2ccccc2)CC3)n1C. The number of hydrogen-bond donors (Lipinski definition) is 0. The molecule has 0 spiro atoms. The molecule has 0 radical (unpaired) electrons. The summed E-state index contributed by atoms with van der Waals surface area (Å²) in [6.45, 7) is 5.07. The van der Waals surface area contributed by atoms with Crippen molar-refractivity contribution < 1.29 is 32.6 Å². The minimum atomic E-state index is -2.88. The van der Waals surface area contributed by atoms with Crippen molar-refractivity contribution in [3.8, 4) is 11.3 Å². The second-order valence-corrected chi connectivity index (χ2v) is 13.4. The summed E-state index contributed by atoms with van der Waals surface area (Å²) < 4.78 is 40.7. The molecule has 12 heteroatoms. The summed E-state index contributed by atoms with van der Waals surface area (Å²) in [4.78, 5) is 44.2. The van der Waals surface area contributed by atoms with Crippen LogP contribution >= 0.6 is 0 Å². The number of anilines is 2. The number of nitrogens with zero attached hydrogens (tertiary/aromatic N) is 5. The fourth-order valence-electron chi connectivity index (χ4n) is 6.10. The lowest BCUT2D eigenvalue weighted by Gasteiger charge is -2.29. The second kappa shape index (κ2) is 14.2. The predicted octanol–water partition coefficient (Wildman–Crippen LogP) is 8.22. The summed E-state index contributed by atoms with van der Waals surface area (Å²) in [5.41, 5.74) is 4.79. The first-order chi connectivity index (χ1) is 24.3. The monoisotopic (exact) mass is 695 g/mol. The summed E-state index contributed by atoms with van der Waals surface area (Å²) in [5.74, 6) is -1.02. The topological polar surface area (TPSA) is 98.9 Å². The molecule has 0 bridgehead atoms. The van der Waals surface area contributed by atoms with Crippen molar-refractivity contribution in [2.75, 3.05) is 11.4 Å². The molecule has 0 saturated carbocycles. The Kier molecular flexibility index (Phi) is 9.77. The maximum absolute atomic E-state index is 14.4. The van der Waals surface area contributed by atoms with Crippen LogP contribution in [0, 0.1) is 6.92 Å². The van der Waals surface area contributed by atoms with Gasteiger partial charge in [-0.15, -0.1) is 0 Å². The number of para-hydroxylation sites is 1. The van der Waals surface area contributed by atoms with Gasteiger partial charge in [0.1, 0.15) is 12.2 Å². The first-order valence-electron chi connectivity index (χ1n) is 16.5. The van der Waals surface area contributed by atoms with Crippen LogP contribution < -0.4 is 4.90 Å². The lowest BCUT2D eigenvalue weighted by atomic mass is 9.92. The Bertz CT molecular complexity index is 2070. The lowest BCUT2D eigenvalue weighted by molar-refractivity contribution is 0.00699. The van der Waals surface area contributed by atoms with Gasteiger partial charge in [0.25, 0.3) is 5.91 Å². The Morgan fingerprint density at radius 1 is 0.922 bits per heavy atom. The first-order valence-corrected chi connectivity index (χ1v) is 16.5. The zero-order chi connectivity index (χ0) is 36.4. The van der Waals surface area contributed by atoms with Crippen molar-refractivity contribution in [3.63, 3.8) is 0 Å². The van der Waals surface area contributed by atoms with Crippen molar-refractivity contribution in [1.82, 2.24) is 19.2 Å². The smallest absolute Gasteiger partial charge is 0.410 e. The molecule has 0 unspecified atom stereocenters. The third kappa shape index (κ3) is 7.54. The third-order valence-electron chi connectivity index (χ3n) is 8.74. The maximum Gasteiger partial charge on any atom is 0.410 e. The van der Waals surface area contributed by atoms with E-state index in [0.29, 0.717) is 45.8 Å². The molecule has 2 aromatic heterocycles. The zero-order valence-electron chi connectivity index (χ0n) is 29.1. The third-order valence-corrected chi connectivity index (χ3v) is 8.74. The highest BCUT2D eigenvalue weighted by atomic mass is 19.3. The van der Waals surface area contributed by atoms with E-state index in [4.69, 9.17) is 9.47 Å². The van der Waals surface area contributed by atoms with E-state index < -0.39 is 30.1 Å². The number of ether oxygens (including phenoxy) is 2. The molecule has 0 aliphatic carbocycles. The molecule has 264 valence electrons. The zero-order valence-corrected chi connectivity index (χ0v) is 29.1. The first kappa shape index (κ1) is 35.1. The predicted molar refractivity (Wildman–Crippen MR) is 188 cm³/mol. The standard InChI is InChI=1S/C39H39F2N5O5/c1-25-31(35(47)46(29-14-10-7-11-15-29)30-21-42-45(23-30)37(40)41)20-34(43(25)5)32-18-27-16-17-44(38(49)50-24-26-12-8-6-9-13-26)22-28(27)19-33(32)36(48)51-39(2,3)4/h6-15,18-21,23,37H,16-17,22,24H2,1-5H3. The highest BCUT2D eigenvalue weighted by Crippen LogP contribution is 2.36. The minimum absolute atomic E-state index is 0.148. The van der Waals surface area contributed by atoms with E-state index in [0.717, 1.165) is 22.9 Å². The van der Waals surface area contributed by atoms with Gasteiger partial charge in [0, 0.05) is 42.8 Å². The fourth-order valence-corrected chi connectivity index (χ4v) is 6.10. The van der Waals surface area contributed by atoms with Gasteiger partial charge in [0.05, 0.1) is 29.2 Å². The molecule has 0 saturated heterocycles. The van der Waals surface area contributed by atoms with Gasteiger partial charge in [-0.05, 0) is 81.1 Å². The average Bonchev–Trinajstić information content (AvgIpc) is 3.71. The van der Waals surface area contributed by atoms with E-state index >= 15 is 0 Å². The molecule has 0 N–H and O–H groups in total. The highest BCUT2D eigenvalue weighted by molar-refractivity contribution is 6.12. The van der Waals surface area contributed by atoms with E-state index in [1.165, 1.54) is 11.1 Å². The molecule has 10 nitrogen and oxygen atoms in total. The quantitative estimate of drug-likeness (QED) is 0.152. The Morgan fingerprint density at radius 2 is 1.61 bits per heavy atom. The highest BCUT2D eigenvalue weighted by Gasteiger charge is 2.31. The number of carbonyl (C=O) groups is 3. The number of fused-ring (bicyclic) bond motifs is 1.